The van der Waals surface area contributed by atoms with E-state index in [0.717, 1.165) is 5.56 Å². The molecule has 0 unspecified atom stereocenters. The maximum absolute atomic E-state index is 12.2. The minimum atomic E-state index is -0.644. The molecule has 6 heteroatoms. The first-order chi connectivity index (χ1) is 9.64. The van der Waals surface area contributed by atoms with E-state index in [0.29, 0.717) is 31.6 Å². The van der Waals surface area contributed by atoms with Crippen LogP contribution in [-0.4, -0.2) is 32.2 Å². The Kier molecular flexibility index (Phi) is 4.67. The van der Waals surface area contributed by atoms with E-state index in [1.54, 1.807) is 24.3 Å². The van der Waals surface area contributed by atoms with Gasteiger partial charge in [0.25, 0.3) is 0 Å². The molecule has 5 nitrogen and oxygen atoms in total. The Morgan fingerprint density at radius 3 is 2.35 bits per heavy atom. The third-order valence-corrected chi connectivity index (χ3v) is 3.94. The van der Waals surface area contributed by atoms with Crippen molar-refractivity contribution in [2.45, 2.75) is 18.3 Å². The highest BCUT2D eigenvalue weighted by Gasteiger charge is 2.41. The molecule has 0 spiro atoms. The number of methoxy groups -OCH3 is 1. The number of ether oxygens (including phenoxy) is 2. The predicted molar refractivity (Wildman–Crippen MR) is 76.6 cm³/mol. The Labute approximate surface area is 123 Å². The first-order valence-electron chi connectivity index (χ1n) is 6.35. The Morgan fingerprint density at radius 2 is 1.85 bits per heavy atom. The van der Waals surface area contributed by atoms with Gasteiger partial charge in [0.05, 0.1) is 18.1 Å². The zero-order valence-electron chi connectivity index (χ0n) is 11.2. The summed E-state index contributed by atoms with van der Waals surface area (Å²) in [5.41, 5.74) is 0.680. The van der Waals surface area contributed by atoms with E-state index in [4.69, 9.17) is 4.74 Å². The van der Waals surface area contributed by atoms with E-state index in [9.17, 15) is 9.59 Å². The smallest absolute Gasteiger partial charge is 0.337 e. The number of thiol groups is 1. The second-order valence-electron chi connectivity index (χ2n) is 4.70. The normalized spacial score (nSPS) is 17.3. The lowest BCUT2D eigenvalue weighted by Crippen LogP contribution is -2.45. The molecule has 1 amide bonds. The topological polar surface area (TPSA) is 64.6 Å². The molecule has 1 aliphatic rings. The van der Waals surface area contributed by atoms with Crippen molar-refractivity contribution in [1.82, 2.24) is 4.72 Å². The minimum absolute atomic E-state index is 0.144. The molecule has 0 bridgehead atoms. The van der Waals surface area contributed by atoms with E-state index in [2.05, 4.69) is 22.3 Å². The fraction of sp³-hybridized carbons (Fsp3) is 0.429. The van der Waals surface area contributed by atoms with Gasteiger partial charge in [-0.2, -0.15) is 0 Å². The molecule has 108 valence electrons. The Balaban J connectivity index is 2.34. The van der Waals surface area contributed by atoms with Crippen molar-refractivity contribution in [2.75, 3.05) is 20.3 Å². The van der Waals surface area contributed by atoms with Gasteiger partial charge >= 0.3 is 5.97 Å². The number of rotatable bonds is 3. The maximum atomic E-state index is 12.2. The van der Waals surface area contributed by atoms with Crippen molar-refractivity contribution in [1.29, 1.82) is 0 Å². The van der Waals surface area contributed by atoms with Crippen LogP contribution in [0.5, 0.6) is 0 Å². The molecule has 0 aromatic heterocycles. The van der Waals surface area contributed by atoms with Crippen LogP contribution in [0.1, 0.15) is 28.8 Å². The van der Waals surface area contributed by atoms with Crippen molar-refractivity contribution >= 4 is 24.7 Å². The summed E-state index contributed by atoms with van der Waals surface area (Å²) < 4.78 is 12.4. The zero-order chi connectivity index (χ0) is 14.6. The monoisotopic (exact) mass is 295 g/mol. The first kappa shape index (κ1) is 14.9. The van der Waals surface area contributed by atoms with Gasteiger partial charge in [-0.25, -0.2) is 4.79 Å². The van der Waals surface area contributed by atoms with Crippen LogP contribution in [0.25, 0.3) is 0 Å². The number of carbonyl (C=O) groups is 2. The number of esters is 1. The standard InChI is InChI=1S/C14H17NO4S/c1-18-12(16)10-2-4-11(5-3-10)14(13(17)15-20)6-8-19-9-7-14/h2-5,20H,6-9H2,1H3,(H,15,17). The zero-order valence-corrected chi connectivity index (χ0v) is 12.1. The number of carbonyl (C=O) groups excluding carboxylic acids is 2. The average molecular weight is 295 g/mol. The average Bonchev–Trinajstić information content (AvgIpc) is 2.54. The highest BCUT2D eigenvalue weighted by Crippen LogP contribution is 2.35. The quantitative estimate of drug-likeness (QED) is 0.655. The van der Waals surface area contributed by atoms with Gasteiger partial charge in [-0.3, -0.25) is 4.79 Å². The molecule has 1 aliphatic heterocycles. The van der Waals surface area contributed by atoms with Gasteiger partial charge in [0.2, 0.25) is 5.91 Å². The number of amides is 1. The van der Waals surface area contributed by atoms with Crippen LogP contribution in [0.15, 0.2) is 24.3 Å². The molecular weight excluding hydrogens is 278 g/mol. The molecule has 0 radical (unpaired) electrons. The van der Waals surface area contributed by atoms with Crippen molar-refractivity contribution in [3.05, 3.63) is 35.4 Å². The van der Waals surface area contributed by atoms with Gasteiger partial charge in [0, 0.05) is 13.2 Å². The van der Waals surface area contributed by atoms with Crippen LogP contribution < -0.4 is 4.72 Å². The van der Waals surface area contributed by atoms with E-state index >= 15 is 0 Å². The minimum Gasteiger partial charge on any atom is -0.465 e. The molecule has 1 N–H and O–H groups in total. The third kappa shape index (κ3) is 2.66. The van der Waals surface area contributed by atoms with E-state index in [1.807, 2.05) is 0 Å². The van der Waals surface area contributed by atoms with Crippen LogP contribution >= 0.6 is 12.8 Å². The van der Waals surface area contributed by atoms with Gasteiger partial charge in [0.15, 0.2) is 0 Å². The largest absolute Gasteiger partial charge is 0.465 e. The van der Waals surface area contributed by atoms with Crippen molar-refractivity contribution in [3.63, 3.8) is 0 Å². The molecule has 1 fully saturated rings. The maximum Gasteiger partial charge on any atom is 0.337 e. The summed E-state index contributed by atoms with van der Waals surface area (Å²) in [5, 5.41) is 0. The summed E-state index contributed by atoms with van der Waals surface area (Å²) in [5.74, 6) is -0.536. The second kappa shape index (κ2) is 6.28. The van der Waals surface area contributed by atoms with E-state index < -0.39 is 11.4 Å². The van der Waals surface area contributed by atoms with Gasteiger partial charge in [0.1, 0.15) is 0 Å². The fourth-order valence-corrected chi connectivity index (χ4v) is 2.73. The number of nitrogens with one attached hydrogen (secondary N) is 1. The SMILES string of the molecule is COC(=O)c1ccc(C2(C(=O)NS)CCOCC2)cc1. The molecular formula is C14H17NO4S. The Hall–Kier alpha value is -1.53. The molecule has 1 aromatic carbocycles. The summed E-state index contributed by atoms with van der Waals surface area (Å²) in [7, 11) is 1.34. The fourth-order valence-electron chi connectivity index (χ4n) is 2.52. The molecule has 2 rings (SSSR count). The molecule has 0 aliphatic carbocycles. The summed E-state index contributed by atoms with van der Waals surface area (Å²) in [6, 6.07) is 6.93. The number of hydrogen-bond acceptors (Lipinski definition) is 5. The highest BCUT2D eigenvalue weighted by molar-refractivity contribution is 7.78. The lowest BCUT2D eigenvalue weighted by Gasteiger charge is -2.35. The van der Waals surface area contributed by atoms with E-state index in [1.165, 1.54) is 7.11 Å². The van der Waals surface area contributed by atoms with Gasteiger partial charge in [-0.05, 0) is 30.5 Å². The summed E-state index contributed by atoms with van der Waals surface area (Å²) in [6.45, 7) is 1.06. The van der Waals surface area contributed by atoms with E-state index in [-0.39, 0.29) is 5.91 Å². The van der Waals surface area contributed by atoms with Gasteiger partial charge < -0.3 is 14.2 Å². The molecule has 0 saturated carbocycles. The molecule has 1 saturated heterocycles. The van der Waals surface area contributed by atoms with Crippen molar-refractivity contribution in [3.8, 4) is 0 Å². The number of benzene rings is 1. The van der Waals surface area contributed by atoms with Crippen molar-refractivity contribution in [2.24, 2.45) is 0 Å². The second-order valence-corrected chi connectivity index (χ2v) is 4.93. The Bertz CT molecular complexity index is 494. The molecule has 1 heterocycles. The number of hydrogen-bond donors (Lipinski definition) is 2. The summed E-state index contributed by atoms with van der Waals surface area (Å²) in [6.07, 6.45) is 1.19. The molecule has 1 aromatic rings. The highest BCUT2D eigenvalue weighted by atomic mass is 32.1. The van der Waals surface area contributed by atoms with Gasteiger partial charge in [-0.1, -0.05) is 24.9 Å². The van der Waals surface area contributed by atoms with Crippen LogP contribution in [-0.2, 0) is 19.7 Å². The Morgan fingerprint density at radius 1 is 1.25 bits per heavy atom. The lowest BCUT2D eigenvalue weighted by molar-refractivity contribution is -0.128. The predicted octanol–water partition coefficient (Wildman–Crippen LogP) is 1.48. The summed E-state index contributed by atoms with van der Waals surface area (Å²) >= 11 is 3.88. The van der Waals surface area contributed by atoms with Crippen LogP contribution in [0, 0.1) is 0 Å². The summed E-state index contributed by atoms with van der Waals surface area (Å²) in [4.78, 5) is 23.7. The lowest BCUT2D eigenvalue weighted by atomic mass is 9.73. The third-order valence-electron chi connectivity index (χ3n) is 3.74. The van der Waals surface area contributed by atoms with Gasteiger partial charge in [-0.15, -0.1) is 0 Å². The first-order valence-corrected chi connectivity index (χ1v) is 6.80. The molecule has 20 heavy (non-hydrogen) atoms. The van der Waals surface area contributed by atoms with Crippen LogP contribution in [0.2, 0.25) is 0 Å². The van der Waals surface area contributed by atoms with Crippen LogP contribution in [0.4, 0.5) is 0 Å². The van der Waals surface area contributed by atoms with Crippen LogP contribution in [0.3, 0.4) is 0 Å². The van der Waals surface area contributed by atoms with Crippen molar-refractivity contribution < 1.29 is 19.1 Å². The molecule has 0 atom stereocenters.